The van der Waals surface area contributed by atoms with Crippen LogP contribution in [0, 0.1) is 6.92 Å². The number of carbonyl (C=O) groups excluding carboxylic acids is 3. The van der Waals surface area contributed by atoms with Crippen molar-refractivity contribution >= 4 is 50.9 Å². The van der Waals surface area contributed by atoms with Gasteiger partial charge in [-0.1, -0.05) is 11.6 Å². The third-order valence-electron chi connectivity index (χ3n) is 5.80. The number of hydrogen-bond donors (Lipinski definition) is 0. The zero-order valence-electron chi connectivity index (χ0n) is 18.8. The van der Waals surface area contributed by atoms with Gasteiger partial charge in [-0.15, -0.1) is 11.3 Å². The smallest absolute Gasteiger partial charge is 0.348 e. The molecule has 0 atom stereocenters. The predicted octanol–water partition coefficient (Wildman–Crippen LogP) is 3.78. The number of fused-ring (bicyclic) bond motifs is 1. The van der Waals surface area contributed by atoms with Crippen molar-refractivity contribution in [2.75, 3.05) is 32.8 Å². The summed E-state index contributed by atoms with van der Waals surface area (Å²) in [4.78, 5) is 42.1. The Hall–Kier alpha value is -3.63. The van der Waals surface area contributed by atoms with Gasteiger partial charge in [0.05, 0.1) is 17.6 Å². The van der Waals surface area contributed by atoms with Gasteiger partial charge in [0.25, 0.3) is 11.8 Å². The molecule has 0 bridgehead atoms. The fraction of sp³-hybridized carbons (Fsp3) is 0.250. The van der Waals surface area contributed by atoms with Crippen LogP contribution in [0.15, 0.2) is 53.1 Å². The molecule has 4 aromatic rings. The van der Waals surface area contributed by atoms with E-state index in [1.54, 1.807) is 44.8 Å². The number of furan rings is 1. The highest BCUT2D eigenvalue weighted by molar-refractivity contribution is 7.20. The lowest BCUT2D eigenvalue weighted by molar-refractivity contribution is -0.136. The molecular formula is C24H21ClN4O5S. The van der Waals surface area contributed by atoms with Crippen molar-refractivity contribution in [1.82, 2.24) is 19.6 Å². The number of esters is 1. The predicted molar refractivity (Wildman–Crippen MR) is 130 cm³/mol. The summed E-state index contributed by atoms with van der Waals surface area (Å²) < 4.78 is 12.2. The Kier molecular flexibility index (Phi) is 6.31. The fourth-order valence-corrected chi connectivity index (χ4v) is 5.11. The number of carbonyl (C=O) groups is 3. The fourth-order valence-electron chi connectivity index (χ4n) is 3.91. The summed E-state index contributed by atoms with van der Waals surface area (Å²) in [5, 5.41) is 6.03. The summed E-state index contributed by atoms with van der Waals surface area (Å²) in [5.41, 5.74) is 1.61. The SMILES string of the molecule is Cc1nn(-c2ccc(Cl)cc2)c2sc(C(=O)OCC(=O)N3CCN(C(=O)c4ccco4)CC3)cc12. The second kappa shape index (κ2) is 9.55. The maximum absolute atomic E-state index is 12.7. The topological polar surface area (TPSA) is 97.9 Å². The van der Waals surface area contributed by atoms with Crippen LogP contribution in [0.5, 0.6) is 0 Å². The Morgan fingerprint density at radius 2 is 1.80 bits per heavy atom. The molecule has 0 aliphatic carbocycles. The number of rotatable bonds is 5. The first-order chi connectivity index (χ1) is 16.9. The van der Waals surface area contributed by atoms with E-state index in [0.29, 0.717) is 36.1 Å². The molecule has 1 aromatic carbocycles. The number of aryl methyl sites for hydroxylation is 1. The molecule has 0 radical (unpaired) electrons. The average molecular weight is 513 g/mol. The summed E-state index contributed by atoms with van der Waals surface area (Å²) in [6.45, 7) is 3.01. The van der Waals surface area contributed by atoms with E-state index in [0.717, 1.165) is 21.6 Å². The Morgan fingerprint density at radius 1 is 1.09 bits per heavy atom. The number of thiophene rings is 1. The summed E-state index contributed by atoms with van der Waals surface area (Å²) in [6, 6.07) is 12.3. The molecule has 35 heavy (non-hydrogen) atoms. The summed E-state index contributed by atoms with van der Waals surface area (Å²) in [6.07, 6.45) is 1.45. The van der Waals surface area contributed by atoms with Crippen molar-refractivity contribution in [1.29, 1.82) is 0 Å². The third-order valence-corrected chi connectivity index (χ3v) is 7.14. The van der Waals surface area contributed by atoms with Gasteiger partial charge in [0, 0.05) is 36.6 Å². The number of hydrogen-bond acceptors (Lipinski definition) is 7. The lowest BCUT2D eigenvalue weighted by Gasteiger charge is -2.34. The van der Waals surface area contributed by atoms with Gasteiger partial charge < -0.3 is 19.0 Å². The molecule has 0 saturated carbocycles. The summed E-state index contributed by atoms with van der Waals surface area (Å²) in [7, 11) is 0. The van der Waals surface area contributed by atoms with Gasteiger partial charge in [0.2, 0.25) is 0 Å². The Morgan fingerprint density at radius 3 is 2.49 bits per heavy atom. The summed E-state index contributed by atoms with van der Waals surface area (Å²) in [5.74, 6) is -0.788. The molecule has 0 spiro atoms. The van der Waals surface area contributed by atoms with E-state index in [2.05, 4.69) is 5.10 Å². The number of amides is 2. The Balaban J connectivity index is 1.19. The molecule has 4 heterocycles. The molecular weight excluding hydrogens is 492 g/mol. The maximum Gasteiger partial charge on any atom is 0.348 e. The monoisotopic (exact) mass is 512 g/mol. The van der Waals surface area contributed by atoms with Gasteiger partial charge in [-0.05, 0) is 49.4 Å². The van der Waals surface area contributed by atoms with Crippen LogP contribution in [0.25, 0.3) is 15.9 Å². The van der Waals surface area contributed by atoms with Crippen LogP contribution < -0.4 is 0 Å². The molecule has 1 aliphatic rings. The number of halogens is 1. The van der Waals surface area contributed by atoms with Crippen LogP contribution in [0.3, 0.4) is 0 Å². The van der Waals surface area contributed by atoms with E-state index in [-0.39, 0.29) is 24.2 Å². The highest BCUT2D eigenvalue weighted by atomic mass is 35.5. The van der Waals surface area contributed by atoms with E-state index in [1.165, 1.54) is 17.6 Å². The van der Waals surface area contributed by atoms with Crippen LogP contribution in [-0.4, -0.2) is 70.1 Å². The first-order valence-corrected chi connectivity index (χ1v) is 12.1. The van der Waals surface area contributed by atoms with Gasteiger partial charge >= 0.3 is 5.97 Å². The minimum atomic E-state index is -0.562. The van der Waals surface area contributed by atoms with Crippen molar-refractivity contribution in [3.63, 3.8) is 0 Å². The minimum Gasteiger partial charge on any atom is -0.459 e. The van der Waals surface area contributed by atoms with Gasteiger partial charge in [0.1, 0.15) is 9.71 Å². The van der Waals surface area contributed by atoms with E-state index < -0.39 is 5.97 Å². The molecule has 1 aliphatic heterocycles. The number of ether oxygens (including phenoxy) is 1. The lowest BCUT2D eigenvalue weighted by atomic mass is 10.3. The highest BCUT2D eigenvalue weighted by Crippen LogP contribution is 2.31. The second-order valence-electron chi connectivity index (χ2n) is 8.03. The zero-order valence-corrected chi connectivity index (χ0v) is 20.3. The minimum absolute atomic E-state index is 0.203. The van der Waals surface area contributed by atoms with E-state index in [4.69, 9.17) is 20.8 Å². The zero-order chi connectivity index (χ0) is 24.5. The largest absolute Gasteiger partial charge is 0.459 e. The first-order valence-electron chi connectivity index (χ1n) is 10.9. The van der Waals surface area contributed by atoms with Crippen molar-refractivity contribution in [3.8, 4) is 5.69 Å². The van der Waals surface area contributed by atoms with E-state index >= 15 is 0 Å². The van der Waals surface area contributed by atoms with Crippen LogP contribution in [0.1, 0.15) is 25.9 Å². The van der Waals surface area contributed by atoms with Crippen LogP contribution in [-0.2, 0) is 9.53 Å². The van der Waals surface area contributed by atoms with Gasteiger partial charge in [-0.2, -0.15) is 5.10 Å². The molecule has 1 fully saturated rings. The number of nitrogens with zero attached hydrogens (tertiary/aromatic N) is 4. The molecule has 0 unspecified atom stereocenters. The quantitative estimate of drug-likeness (QED) is 0.377. The van der Waals surface area contributed by atoms with Gasteiger partial charge in [-0.25, -0.2) is 9.48 Å². The number of benzene rings is 1. The lowest BCUT2D eigenvalue weighted by Crippen LogP contribution is -2.51. The first kappa shape index (κ1) is 23.1. The van der Waals surface area contributed by atoms with Crippen LogP contribution in [0.2, 0.25) is 5.02 Å². The van der Waals surface area contributed by atoms with Crippen LogP contribution >= 0.6 is 22.9 Å². The van der Waals surface area contributed by atoms with Crippen molar-refractivity contribution < 1.29 is 23.5 Å². The average Bonchev–Trinajstić information content (AvgIpc) is 3.61. The number of aromatic nitrogens is 2. The van der Waals surface area contributed by atoms with E-state index in [9.17, 15) is 14.4 Å². The van der Waals surface area contributed by atoms with E-state index in [1.807, 2.05) is 19.1 Å². The molecule has 9 nitrogen and oxygen atoms in total. The van der Waals surface area contributed by atoms with Crippen molar-refractivity contribution in [2.24, 2.45) is 0 Å². The highest BCUT2D eigenvalue weighted by Gasteiger charge is 2.27. The number of piperazine rings is 1. The Labute approximate surface area is 209 Å². The summed E-state index contributed by atoms with van der Waals surface area (Å²) >= 11 is 7.24. The molecule has 11 heteroatoms. The van der Waals surface area contributed by atoms with Crippen molar-refractivity contribution in [2.45, 2.75) is 6.92 Å². The normalized spacial score (nSPS) is 13.9. The van der Waals surface area contributed by atoms with Crippen LogP contribution in [0.4, 0.5) is 0 Å². The maximum atomic E-state index is 12.7. The molecule has 2 amide bonds. The molecule has 5 rings (SSSR count). The molecule has 0 N–H and O–H groups in total. The molecule has 3 aromatic heterocycles. The molecule has 180 valence electrons. The van der Waals surface area contributed by atoms with Gasteiger partial charge in [-0.3, -0.25) is 9.59 Å². The molecule has 1 saturated heterocycles. The third kappa shape index (κ3) is 4.67. The Bertz CT molecular complexity index is 1390. The standard InChI is InChI=1S/C24H21ClN4O5S/c1-15-18-13-20(35-23(18)29(26-15)17-6-4-16(25)5-7-17)24(32)34-14-21(30)27-8-10-28(11-9-27)22(31)19-3-2-12-33-19/h2-7,12-13H,8-11,14H2,1H3. The van der Waals surface area contributed by atoms with Gasteiger partial charge in [0.15, 0.2) is 12.4 Å². The second-order valence-corrected chi connectivity index (χ2v) is 9.50. The van der Waals surface area contributed by atoms with Crippen molar-refractivity contribution in [3.05, 3.63) is 70.1 Å².